The Kier molecular flexibility index (Phi) is 5.08. The summed E-state index contributed by atoms with van der Waals surface area (Å²) in [5.74, 6) is 0.537. The predicted octanol–water partition coefficient (Wildman–Crippen LogP) is 4.69. The summed E-state index contributed by atoms with van der Waals surface area (Å²) in [4.78, 5) is 12.4. The Morgan fingerprint density at radius 1 is 1.25 bits per heavy atom. The molecule has 1 aromatic carbocycles. The van der Waals surface area contributed by atoms with Crippen molar-refractivity contribution in [1.29, 1.82) is 0 Å². The molecule has 0 spiro atoms. The van der Waals surface area contributed by atoms with E-state index in [-0.39, 0.29) is 11.9 Å². The molecule has 1 aliphatic carbocycles. The lowest BCUT2D eigenvalue weighted by Gasteiger charge is -2.41. The molecule has 0 saturated heterocycles. The molecular formula is C21H27NO2. The molecule has 0 radical (unpaired) electrons. The van der Waals surface area contributed by atoms with Gasteiger partial charge >= 0.3 is 0 Å². The normalized spacial score (nSPS) is 22.9. The van der Waals surface area contributed by atoms with E-state index in [4.69, 9.17) is 4.42 Å². The van der Waals surface area contributed by atoms with Crippen LogP contribution >= 0.6 is 0 Å². The van der Waals surface area contributed by atoms with Crippen molar-refractivity contribution in [2.75, 3.05) is 0 Å². The molecule has 0 bridgehead atoms. The highest BCUT2D eigenvalue weighted by atomic mass is 16.3. The van der Waals surface area contributed by atoms with Crippen LogP contribution in [0.15, 0.2) is 53.3 Å². The first-order valence-electron chi connectivity index (χ1n) is 8.89. The number of rotatable bonds is 5. The minimum Gasteiger partial charge on any atom is -0.472 e. The van der Waals surface area contributed by atoms with Gasteiger partial charge in [0.2, 0.25) is 5.91 Å². The fourth-order valence-electron chi connectivity index (χ4n) is 3.78. The summed E-state index contributed by atoms with van der Waals surface area (Å²) in [6, 6.07) is 12.8. The molecule has 128 valence electrons. The Balaban J connectivity index is 1.64. The average Bonchev–Trinajstić information content (AvgIpc) is 3.09. The summed E-state index contributed by atoms with van der Waals surface area (Å²) < 4.78 is 5.06. The highest BCUT2D eigenvalue weighted by Gasteiger charge is 2.36. The fourth-order valence-corrected chi connectivity index (χ4v) is 3.78. The van der Waals surface area contributed by atoms with Crippen LogP contribution in [0.25, 0.3) is 0 Å². The SMILES string of the molecule is CC1(C)CCC(NC(=O)CCc2ccoc2)C(c2ccccc2)C1. The van der Waals surface area contributed by atoms with Crippen molar-refractivity contribution in [3.63, 3.8) is 0 Å². The second kappa shape index (κ2) is 7.25. The molecule has 24 heavy (non-hydrogen) atoms. The second-order valence-electron chi connectivity index (χ2n) is 7.73. The van der Waals surface area contributed by atoms with Crippen molar-refractivity contribution in [2.24, 2.45) is 5.41 Å². The van der Waals surface area contributed by atoms with E-state index in [1.54, 1.807) is 12.5 Å². The molecule has 1 aliphatic rings. The first-order valence-corrected chi connectivity index (χ1v) is 8.89. The van der Waals surface area contributed by atoms with Gasteiger partial charge < -0.3 is 9.73 Å². The van der Waals surface area contributed by atoms with E-state index < -0.39 is 0 Å². The number of hydrogen-bond acceptors (Lipinski definition) is 2. The molecule has 1 N–H and O–H groups in total. The summed E-state index contributed by atoms with van der Waals surface area (Å²) in [6.07, 6.45) is 7.93. The summed E-state index contributed by atoms with van der Waals surface area (Å²) in [5, 5.41) is 3.30. The molecule has 2 atom stereocenters. The average molecular weight is 325 g/mol. The minimum atomic E-state index is 0.141. The van der Waals surface area contributed by atoms with Crippen LogP contribution in [0.3, 0.4) is 0 Å². The van der Waals surface area contributed by atoms with Gasteiger partial charge in [-0.05, 0) is 48.3 Å². The third-order valence-electron chi connectivity index (χ3n) is 5.19. The molecular weight excluding hydrogens is 298 g/mol. The van der Waals surface area contributed by atoms with Crippen molar-refractivity contribution >= 4 is 5.91 Å². The number of carbonyl (C=O) groups is 1. The number of amides is 1. The van der Waals surface area contributed by atoms with Gasteiger partial charge in [0.1, 0.15) is 0 Å². The number of aryl methyl sites for hydroxylation is 1. The van der Waals surface area contributed by atoms with Crippen LogP contribution in [0.1, 0.15) is 56.6 Å². The number of hydrogen-bond donors (Lipinski definition) is 1. The van der Waals surface area contributed by atoms with E-state index in [1.165, 1.54) is 5.56 Å². The maximum atomic E-state index is 12.4. The van der Waals surface area contributed by atoms with Crippen molar-refractivity contribution in [3.05, 3.63) is 60.1 Å². The molecule has 3 rings (SSSR count). The Morgan fingerprint density at radius 2 is 2.04 bits per heavy atom. The van der Waals surface area contributed by atoms with Gasteiger partial charge in [-0.15, -0.1) is 0 Å². The highest BCUT2D eigenvalue weighted by Crippen LogP contribution is 2.43. The summed E-state index contributed by atoms with van der Waals surface area (Å²) in [6.45, 7) is 4.67. The molecule has 1 saturated carbocycles. The maximum Gasteiger partial charge on any atom is 0.220 e. The van der Waals surface area contributed by atoms with Crippen molar-refractivity contribution in [3.8, 4) is 0 Å². The van der Waals surface area contributed by atoms with Crippen LogP contribution in [0.5, 0.6) is 0 Å². The Morgan fingerprint density at radius 3 is 2.75 bits per heavy atom. The van der Waals surface area contributed by atoms with Crippen molar-refractivity contribution in [2.45, 2.75) is 57.9 Å². The van der Waals surface area contributed by atoms with Crippen molar-refractivity contribution < 1.29 is 9.21 Å². The summed E-state index contributed by atoms with van der Waals surface area (Å²) >= 11 is 0. The van der Waals surface area contributed by atoms with E-state index in [1.807, 2.05) is 6.07 Å². The number of furan rings is 1. The van der Waals surface area contributed by atoms with Crippen LogP contribution in [-0.2, 0) is 11.2 Å². The smallest absolute Gasteiger partial charge is 0.220 e. The van der Waals surface area contributed by atoms with Gasteiger partial charge in [0, 0.05) is 18.4 Å². The quantitative estimate of drug-likeness (QED) is 0.866. The summed E-state index contributed by atoms with van der Waals surface area (Å²) in [7, 11) is 0. The van der Waals surface area contributed by atoms with Crippen LogP contribution in [-0.4, -0.2) is 11.9 Å². The molecule has 0 aliphatic heterocycles. The maximum absolute atomic E-state index is 12.4. The zero-order valence-corrected chi connectivity index (χ0v) is 14.6. The molecule has 1 fully saturated rings. The molecule has 2 aromatic rings. The Bertz CT molecular complexity index is 646. The fraction of sp³-hybridized carbons (Fsp3) is 0.476. The van der Waals surface area contributed by atoms with Gasteiger partial charge in [-0.2, -0.15) is 0 Å². The third-order valence-corrected chi connectivity index (χ3v) is 5.19. The summed E-state index contributed by atoms with van der Waals surface area (Å²) in [5.41, 5.74) is 2.75. The largest absolute Gasteiger partial charge is 0.472 e. The van der Waals surface area contributed by atoms with E-state index in [9.17, 15) is 4.79 Å². The Labute approximate surface area is 144 Å². The van der Waals surface area contributed by atoms with Gasteiger partial charge in [0.25, 0.3) is 0 Å². The lowest BCUT2D eigenvalue weighted by molar-refractivity contribution is -0.122. The molecule has 3 heteroatoms. The van der Waals surface area contributed by atoms with Crippen molar-refractivity contribution in [1.82, 2.24) is 5.32 Å². The first-order chi connectivity index (χ1) is 11.5. The number of nitrogens with one attached hydrogen (secondary N) is 1. The number of carbonyl (C=O) groups excluding carboxylic acids is 1. The molecule has 1 amide bonds. The third kappa shape index (κ3) is 4.28. The van der Waals surface area contributed by atoms with E-state index >= 15 is 0 Å². The first kappa shape index (κ1) is 16.8. The second-order valence-corrected chi connectivity index (χ2v) is 7.73. The van der Waals surface area contributed by atoms with Gasteiger partial charge in [-0.25, -0.2) is 0 Å². The van der Waals surface area contributed by atoms with Crippen LogP contribution < -0.4 is 5.32 Å². The lowest BCUT2D eigenvalue weighted by atomic mass is 9.68. The lowest BCUT2D eigenvalue weighted by Crippen LogP contribution is -2.44. The van der Waals surface area contributed by atoms with E-state index in [0.717, 1.165) is 31.2 Å². The molecule has 2 unspecified atom stereocenters. The van der Waals surface area contributed by atoms with Crippen LogP contribution in [0.4, 0.5) is 0 Å². The number of benzene rings is 1. The zero-order chi connectivity index (χ0) is 17.0. The zero-order valence-electron chi connectivity index (χ0n) is 14.6. The Hall–Kier alpha value is -2.03. The van der Waals surface area contributed by atoms with Gasteiger partial charge in [0.15, 0.2) is 0 Å². The van der Waals surface area contributed by atoms with E-state index in [0.29, 0.717) is 17.8 Å². The highest BCUT2D eigenvalue weighted by molar-refractivity contribution is 5.76. The molecule has 3 nitrogen and oxygen atoms in total. The van der Waals surface area contributed by atoms with Gasteiger partial charge in [-0.1, -0.05) is 44.2 Å². The van der Waals surface area contributed by atoms with Crippen LogP contribution in [0, 0.1) is 5.41 Å². The van der Waals surface area contributed by atoms with Gasteiger partial charge in [-0.3, -0.25) is 4.79 Å². The molecule has 1 aromatic heterocycles. The van der Waals surface area contributed by atoms with Crippen LogP contribution in [0.2, 0.25) is 0 Å². The van der Waals surface area contributed by atoms with Gasteiger partial charge in [0.05, 0.1) is 12.5 Å². The predicted molar refractivity (Wildman–Crippen MR) is 95.8 cm³/mol. The molecule has 1 heterocycles. The van der Waals surface area contributed by atoms with E-state index in [2.05, 4.69) is 49.5 Å². The topological polar surface area (TPSA) is 42.2 Å². The standard InChI is InChI=1S/C21H27NO2/c1-21(2)12-10-19(18(14-21)17-6-4-3-5-7-17)22-20(23)9-8-16-11-13-24-15-16/h3-7,11,13,15,18-19H,8-10,12,14H2,1-2H3,(H,22,23). The monoisotopic (exact) mass is 325 g/mol. The minimum absolute atomic E-state index is 0.141.